The number of benzene rings is 3. The summed E-state index contributed by atoms with van der Waals surface area (Å²) in [6.07, 6.45) is 3.00. The van der Waals surface area contributed by atoms with Crippen LogP contribution in [0.5, 0.6) is 5.75 Å². The molecule has 1 heterocycles. The van der Waals surface area contributed by atoms with E-state index in [2.05, 4.69) is 52.7 Å². The van der Waals surface area contributed by atoms with E-state index in [1.807, 2.05) is 30.3 Å². The third-order valence-corrected chi connectivity index (χ3v) is 6.75. The highest BCUT2D eigenvalue weighted by molar-refractivity contribution is 5.75. The van der Waals surface area contributed by atoms with Crippen molar-refractivity contribution in [1.82, 2.24) is 0 Å². The second-order valence-electron chi connectivity index (χ2n) is 8.93. The Bertz CT molecular complexity index is 1100. The molecule has 0 bridgehead atoms. The van der Waals surface area contributed by atoms with Gasteiger partial charge in [-0.2, -0.15) is 0 Å². The van der Waals surface area contributed by atoms with Crippen LogP contribution in [0.2, 0.25) is 0 Å². The molecule has 0 amide bonds. The lowest BCUT2D eigenvalue weighted by atomic mass is 9.96. The van der Waals surface area contributed by atoms with Crippen LogP contribution in [0.15, 0.2) is 72.8 Å². The number of ether oxygens (including phenoxy) is 1. The summed E-state index contributed by atoms with van der Waals surface area (Å²) in [7, 11) is 0. The lowest BCUT2D eigenvalue weighted by molar-refractivity contribution is -0.138. The second kappa shape index (κ2) is 9.57. The van der Waals surface area contributed by atoms with Gasteiger partial charge < -0.3 is 20.1 Å². The van der Waals surface area contributed by atoms with Crippen molar-refractivity contribution in [3.05, 3.63) is 89.5 Å². The van der Waals surface area contributed by atoms with Crippen molar-refractivity contribution in [3.8, 4) is 5.75 Å². The Kier molecular flexibility index (Phi) is 6.20. The molecule has 0 spiro atoms. The highest BCUT2D eigenvalue weighted by Gasteiger charge is 2.43. The van der Waals surface area contributed by atoms with Crippen molar-refractivity contribution in [2.45, 2.75) is 31.7 Å². The first-order valence-electron chi connectivity index (χ1n) is 11.8. The normalized spacial score (nSPS) is 19.0. The van der Waals surface area contributed by atoms with Crippen molar-refractivity contribution in [2.24, 2.45) is 5.92 Å². The van der Waals surface area contributed by atoms with Crippen molar-refractivity contribution >= 4 is 17.3 Å². The number of aliphatic carboxylic acids is 1. The molecule has 0 saturated heterocycles. The van der Waals surface area contributed by atoms with Crippen molar-refractivity contribution in [2.75, 3.05) is 29.9 Å². The number of carbonyl (C=O) groups is 1. The van der Waals surface area contributed by atoms with Crippen LogP contribution in [-0.4, -0.2) is 30.8 Å². The third-order valence-electron chi connectivity index (χ3n) is 6.75. The topological polar surface area (TPSA) is 61.8 Å². The minimum absolute atomic E-state index is 0.176. The average Bonchev–Trinajstić information content (AvgIpc) is 3.65. The Morgan fingerprint density at radius 1 is 1.03 bits per heavy atom. The predicted octanol–water partition coefficient (Wildman–Crippen LogP) is 5.32. The number of para-hydroxylation sites is 1. The molecule has 0 radical (unpaired) electrons. The Morgan fingerprint density at radius 2 is 1.85 bits per heavy atom. The number of carboxylic acid groups (broad SMARTS) is 1. The quantitative estimate of drug-likeness (QED) is 0.470. The van der Waals surface area contributed by atoms with Crippen LogP contribution in [0.25, 0.3) is 0 Å². The summed E-state index contributed by atoms with van der Waals surface area (Å²) in [4.78, 5) is 13.6. The average molecular weight is 443 g/mol. The van der Waals surface area contributed by atoms with Gasteiger partial charge in [0.05, 0.1) is 12.5 Å². The summed E-state index contributed by atoms with van der Waals surface area (Å²) in [5, 5.41) is 12.7. The second-order valence-corrected chi connectivity index (χ2v) is 8.93. The van der Waals surface area contributed by atoms with E-state index in [9.17, 15) is 4.79 Å². The highest BCUT2D eigenvalue weighted by Crippen LogP contribution is 2.47. The molecule has 2 N–H and O–H groups in total. The van der Waals surface area contributed by atoms with Gasteiger partial charge in [0.2, 0.25) is 0 Å². The first-order chi connectivity index (χ1) is 16.2. The van der Waals surface area contributed by atoms with Crippen LogP contribution in [0, 0.1) is 5.92 Å². The van der Waals surface area contributed by atoms with E-state index in [4.69, 9.17) is 9.84 Å². The van der Waals surface area contributed by atoms with E-state index in [0.29, 0.717) is 6.61 Å². The van der Waals surface area contributed by atoms with Crippen LogP contribution in [-0.2, 0) is 17.8 Å². The van der Waals surface area contributed by atoms with E-state index in [-0.39, 0.29) is 11.8 Å². The smallest absolute Gasteiger partial charge is 0.307 e. The van der Waals surface area contributed by atoms with Crippen LogP contribution >= 0.6 is 0 Å². The Labute approximate surface area is 195 Å². The first-order valence-corrected chi connectivity index (χ1v) is 11.8. The standard InChI is InChI=1S/C28H30N2O3/c31-28(32)26-18-25(26)20-11-13-22(14-12-20)29-19-21-6-4-10-27-24(21)9-5-15-30(27)16-17-33-23-7-2-1-3-8-23/h1-4,6-8,10-14,25-26,29H,5,9,15-19H2,(H,31,32)/t25-,26-/m1/s1. The van der Waals surface area contributed by atoms with Crippen molar-refractivity contribution in [3.63, 3.8) is 0 Å². The first kappa shape index (κ1) is 21.4. The molecule has 33 heavy (non-hydrogen) atoms. The zero-order valence-electron chi connectivity index (χ0n) is 18.7. The molecule has 0 aromatic heterocycles. The van der Waals surface area contributed by atoms with E-state index in [0.717, 1.165) is 55.9 Å². The third kappa shape index (κ3) is 4.98. The van der Waals surface area contributed by atoms with Gasteiger partial charge in [-0.3, -0.25) is 4.79 Å². The van der Waals surface area contributed by atoms with Gasteiger partial charge in [0.1, 0.15) is 12.4 Å². The van der Waals surface area contributed by atoms with Crippen LogP contribution < -0.4 is 15.0 Å². The molecule has 5 nitrogen and oxygen atoms in total. The summed E-state index contributed by atoms with van der Waals surface area (Å²) in [5.74, 6) is 0.200. The Hall–Kier alpha value is -3.47. The van der Waals surface area contributed by atoms with Gasteiger partial charge in [0.25, 0.3) is 0 Å². The summed E-state index contributed by atoms with van der Waals surface area (Å²) in [5.41, 5.74) is 6.26. The predicted molar refractivity (Wildman–Crippen MR) is 131 cm³/mol. The Morgan fingerprint density at radius 3 is 2.61 bits per heavy atom. The number of nitrogens with zero attached hydrogens (tertiary/aromatic N) is 1. The molecule has 2 atom stereocenters. The zero-order chi connectivity index (χ0) is 22.6. The molecule has 1 fully saturated rings. The van der Waals surface area contributed by atoms with E-state index in [1.165, 1.54) is 16.8 Å². The number of rotatable bonds is 9. The summed E-state index contributed by atoms with van der Waals surface area (Å²) in [6, 6.07) is 24.8. The fraction of sp³-hybridized carbons (Fsp3) is 0.321. The number of fused-ring (bicyclic) bond motifs is 1. The molecule has 2 aliphatic rings. The molecule has 5 heteroatoms. The SMILES string of the molecule is O=C(O)[C@@H]1C[C@@H]1c1ccc(NCc2cccc3c2CCCN3CCOc2ccccc2)cc1. The molecule has 170 valence electrons. The fourth-order valence-electron chi connectivity index (χ4n) is 4.84. The number of nitrogens with one attached hydrogen (secondary N) is 1. The van der Waals surface area contributed by atoms with Crippen LogP contribution in [0.4, 0.5) is 11.4 Å². The molecule has 1 saturated carbocycles. The van der Waals surface area contributed by atoms with Gasteiger partial charge in [0.15, 0.2) is 0 Å². The molecule has 3 aromatic rings. The molecule has 3 aromatic carbocycles. The number of carboxylic acids is 1. The van der Waals surface area contributed by atoms with E-state index < -0.39 is 5.97 Å². The minimum atomic E-state index is -0.684. The minimum Gasteiger partial charge on any atom is -0.492 e. The molecule has 1 aliphatic carbocycles. The molecule has 1 aliphatic heterocycles. The van der Waals surface area contributed by atoms with Gasteiger partial charge in [0, 0.05) is 24.5 Å². The van der Waals surface area contributed by atoms with E-state index in [1.54, 1.807) is 0 Å². The van der Waals surface area contributed by atoms with Gasteiger partial charge in [-0.15, -0.1) is 0 Å². The number of anilines is 2. The van der Waals surface area contributed by atoms with Gasteiger partial charge in [-0.25, -0.2) is 0 Å². The molecule has 5 rings (SSSR count). The van der Waals surface area contributed by atoms with Gasteiger partial charge in [-0.05, 0) is 72.2 Å². The maximum atomic E-state index is 11.1. The number of hydrogen-bond donors (Lipinski definition) is 2. The van der Waals surface area contributed by atoms with Crippen molar-refractivity contribution < 1.29 is 14.6 Å². The summed E-state index contributed by atoms with van der Waals surface area (Å²) >= 11 is 0. The van der Waals surface area contributed by atoms with Crippen LogP contribution in [0.1, 0.15) is 35.4 Å². The maximum absolute atomic E-state index is 11.1. The van der Waals surface area contributed by atoms with Gasteiger partial charge >= 0.3 is 5.97 Å². The lowest BCUT2D eigenvalue weighted by Crippen LogP contribution is -2.33. The largest absolute Gasteiger partial charge is 0.492 e. The summed E-state index contributed by atoms with van der Waals surface area (Å²) in [6.45, 7) is 3.38. The van der Waals surface area contributed by atoms with Crippen molar-refractivity contribution in [1.29, 1.82) is 0 Å². The maximum Gasteiger partial charge on any atom is 0.307 e. The fourth-order valence-corrected chi connectivity index (χ4v) is 4.84. The number of hydrogen-bond acceptors (Lipinski definition) is 4. The Balaban J connectivity index is 1.19. The molecular weight excluding hydrogens is 412 g/mol. The monoisotopic (exact) mass is 442 g/mol. The zero-order valence-corrected chi connectivity index (χ0v) is 18.7. The highest BCUT2D eigenvalue weighted by atomic mass is 16.5. The summed E-state index contributed by atoms with van der Waals surface area (Å²) < 4.78 is 5.92. The van der Waals surface area contributed by atoms with Gasteiger partial charge in [-0.1, -0.05) is 42.5 Å². The lowest BCUT2D eigenvalue weighted by Gasteiger charge is -2.32. The molecular formula is C28H30N2O3. The van der Waals surface area contributed by atoms with Crippen LogP contribution in [0.3, 0.4) is 0 Å². The molecule has 0 unspecified atom stereocenters. The van der Waals surface area contributed by atoms with E-state index >= 15 is 0 Å².